The summed E-state index contributed by atoms with van der Waals surface area (Å²) >= 11 is 18.1. The number of hydrogen-bond donors (Lipinski definition) is 6. The van der Waals surface area contributed by atoms with Crippen LogP contribution in [0.2, 0.25) is 0 Å². The van der Waals surface area contributed by atoms with E-state index in [9.17, 15) is 0 Å². The first-order valence-corrected chi connectivity index (χ1v) is 32.5. The second-order valence-electron chi connectivity index (χ2n) is 12.9. The fourth-order valence-electron chi connectivity index (χ4n) is 5.57. The van der Waals surface area contributed by atoms with Crippen LogP contribution < -0.4 is 22.9 Å². The Morgan fingerprint density at radius 3 is 1.23 bits per heavy atom. The first-order chi connectivity index (χ1) is 27.4. The summed E-state index contributed by atoms with van der Waals surface area (Å²) in [6.45, 7) is 4.21. The average Bonchev–Trinajstić information content (AvgIpc) is 3.79. The fraction of sp³-hybridized carbons (Fsp3) is 0.333. The standard InChI is InChI=1S/2C9H11N.C6H7Br2N.2C6H8BrN.C6H9N.Br2.2ClH.Sn/c2*1-7-6-8-4-2-3-5-9(8)10-7;7-4-2-1-3-5(8)6(4)9;2*7-5-3-1-2-4-6(5)8;7-6-4-2-1-3-5-6;1-2;;;/h2*3,5-6,10H,2,4H2,1H3;2H,1,3,9H2;2*2,4H,1,3,8H2;2,4-5H,1,3,7H2;;2*1H;/q;;;;;;;;;+2/p-2. The summed E-state index contributed by atoms with van der Waals surface area (Å²) in [5.41, 5.74) is 33.7. The van der Waals surface area contributed by atoms with Crippen LogP contribution in [0.3, 0.4) is 0 Å². The molecule has 8 rings (SSSR count). The number of aromatic amines is 2. The van der Waals surface area contributed by atoms with E-state index in [1.54, 1.807) is 0 Å². The third-order valence-corrected chi connectivity index (χ3v) is 11.7. The number of fused-ring (bicyclic) bond motifs is 2. The second kappa shape index (κ2) is 33.1. The molecule has 15 heteroatoms. The Kier molecular flexibility index (Phi) is 31.6. The van der Waals surface area contributed by atoms with Gasteiger partial charge in [-0.3, -0.25) is 0 Å². The van der Waals surface area contributed by atoms with E-state index >= 15 is 0 Å². The van der Waals surface area contributed by atoms with Crippen molar-refractivity contribution in [3.63, 3.8) is 0 Å². The molecule has 6 nitrogen and oxygen atoms in total. The molecule has 10 N–H and O–H groups in total. The van der Waals surface area contributed by atoms with Gasteiger partial charge in [-0.05, 0) is 160 Å². The maximum absolute atomic E-state index is 5.64. The first-order valence-electron chi connectivity index (χ1n) is 18.4. The molecule has 0 saturated heterocycles. The molecule has 2 aromatic heterocycles. The molecule has 2 heterocycles. The number of halogens is 8. The van der Waals surface area contributed by atoms with Crippen LogP contribution in [0.5, 0.6) is 0 Å². The molecule has 0 fully saturated rings. The van der Waals surface area contributed by atoms with Gasteiger partial charge >= 0.3 is 36.7 Å². The summed E-state index contributed by atoms with van der Waals surface area (Å²) in [4.78, 5) is 6.62. The molecule has 0 amide bonds. The summed E-state index contributed by atoms with van der Waals surface area (Å²) in [7, 11) is 9.87. The number of H-pyrrole nitrogens is 2. The van der Waals surface area contributed by atoms with E-state index in [0.717, 1.165) is 92.1 Å². The van der Waals surface area contributed by atoms with Gasteiger partial charge in [0.1, 0.15) is 0 Å². The average molecular weight is 1310 g/mol. The van der Waals surface area contributed by atoms with Crippen molar-refractivity contribution in [2.45, 2.75) is 90.9 Å². The zero-order valence-electron chi connectivity index (χ0n) is 32.4. The van der Waals surface area contributed by atoms with Crippen LogP contribution in [-0.2, 0) is 12.8 Å². The Bertz CT molecular complexity index is 1740. The normalized spacial score (nSPS) is 16.8. The van der Waals surface area contributed by atoms with Crippen LogP contribution in [0.15, 0.2) is 114 Å². The molecule has 0 aliphatic heterocycles. The summed E-state index contributed by atoms with van der Waals surface area (Å²) < 4.78 is 4.40. The molecule has 0 aromatic carbocycles. The van der Waals surface area contributed by atoms with Crippen molar-refractivity contribution in [3.8, 4) is 0 Å². The van der Waals surface area contributed by atoms with E-state index in [4.69, 9.17) is 40.8 Å². The molecular weight excluding hydrogens is 1260 g/mol. The molecule has 57 heavy (non-hydrogen) atoms. The predicted molar refractivity (Wildman–Crippen MR) is 275 cm³/mol. The number of aryl methyl sites for hydroxylation is 4. The van der Waals surface area contributed by atoms with Crippen LogP contribution >= 0.6 is 110 Å². The van der Waals surface area contributed by atoms with Gasteiger partial charge in [0.15, 0.2) is 0 Å². The maximum atomic E-state index is 5.64. The molecule has 2 radical (unpaired) electrons. The summed E-state index contributed by atoms with van der Waals surface area (Å²) in [5.74, 6) is 0. The van der Waals surface area contributed by atoms with Gasteiger partial charge in [0.05, 0.1) is 5.70 Å². The SMILES string of the molecule is BrBr.Cc1cc2c([nH]1)C=CCC2.Cc1cc2c([nH]1)C=CCC2.NC1=C(Br)CCC=C1.NC1=C(Br)CCC=C1.NC1=C(Br)CCC=C1Br.NC1=CCCC=C1.[Cl][Sn][Cl]. The van der Waals surface area contributed by atoms with Crippen molar-refractivity contribution in [1.82, 2.24) is 9.97 Å². The Morgan fingerprint density at radius 1 is 0.526 bits per heavy atom. The van der Waals surface area contributed by atoms with Crippen LogP contribution in [0.1, 0.15) is 98.1 Å². The molecule has 312 valence electrons. The number of hydrogen-bond acceptors (Lipinski definition) is 4. The number of rotatable bonds is 0. The molecular formula is C42H54Br6Cl2N6Sn. The fourth-order valence-corrected chi connectivity index (χ4v) is 7.47. The predicted octanol–water partition coefficient (Wildman–Crippen LogP) is 14.9. The molecule has 0 spiro atoms. The van der Waals surface area contributed by atoms with Crippen molar-refractivity contribution < 1.29 is 0 Å². The third kappa shape index (κ3) is 23.9. The van der Waals surface area contributed by atoms with Gasteiger partial charge in [0.2, 0.25) is 0 Å². The summed E-state index contributed by atoms with van der Waals surface area (Å²) in [5, 5.41) is 0. The molecule has 0 bridgehead atoms. The van der Waals surface area contributed by atoms with Crippen molar-refractivity contribution >= 4 is 141 Å². The molecule has 0 saturated carbocycles. The van der Waals surface area contributed by atoms with Crippen molar-refractivity contribution in [2.75, 3.05) is 0 Å². The van der Waals surface area contributed by atoms with Gasteiger partial charge in [-0.25, -0.2) is 0 Å². The van der Waals surface area contributed by atoms with E-state index in [0.29, 0.717) is 0 Å². The minimum absolute atomic E-state index is 0.826. The number of aromatic nitrogens is 2. The van der Waals surface area contributed by atoms with E-state index in [2.05, 4.69) is 177 Å². The van der Waals surface area contributed by atoms with Crippen LogP contribution in [0.4, 0.5) is 0 Å². The zero-order valence-corrected chi connectivity index (χ0v) is 46.3. The monoisotopic (exact) mass is 1310 g/mol. The Labute approximate surface area is 407 Å². The number of allylic oxidation sites excluding steroid dienone is 14. The van der Waals surface area contributed by atoms with Crippen LogP contribution in [-0.4, -0.2) is 28.9 Å². The van der Waals surface area contributed by atoms with E-state index in [1.807, 2.05) is 24.3 Å². The van der Waals surface area contributed by atoms with Gasteiger partial charge in [-0.15, -0.1) is 0 Å². The number of nitrogens with one attached hydrogen (secondary N) is 2. The van der Waals surface area contributed by atoms with Crippen molar-refractivity contribution in [2.24, 2.45) is 22.9 Å². The topological polar surface area (TPSA) is 136 Å². The first kappa shape index (κ1) is 54.4. The number of nitrogens with two attached hydrogens (primary N) is 4. The quantitative estimate of drug-likeness (QED) is 0.146. The summed E-state index contributed by atoms with van der Waals surface area (Å²) in [6, 6.07) is 4.47. The van der Waals surface area contributed by atoms with E-state index < -0.39 is 18.9 Å². The van der Waals surface area contributed by atoms with Crippen molar-refractivity contribution in [3.05, 3.63) is 148 Å². The van der Waals surface area contributed by atoms with E-state index in [-0.39, 0.29) is 0 Å². The minimum atomic E-state index is -0.826. The molecule has 0 atom stereocenters. The van der Waals surface area contributed by atoms with Crippen molar-refractivity contribution in [1.29, 1.82) is 0 Å². The van der Waals surface area contributed by atoms with Crippen LogP contribution in [0, 0.1) is 13.8 Å². The van der Waals surface area contributed by atoms with E-state index in [1.165, 1.54) is 59.6 Å². The molecule has 6 aliphatic rings. The van der Waals surface area contributed by atoms with Crippen LogP contribution in [0.25, 0.3) is 12.2 Å². The van der Waals surface area contributed by atoms with Gasteiger partial charge < -0.3 is 32.9 Å². The zero-order chi connectivity index (χ0) is 42.6. The van der Waals surface area contributed by atoms with Gasteiger partial charge in [0.25, 0.3) is 0 Å². The van der Waals surface area contributed by atoms with Gasteiger partial charge in [-0.2, -0.15) is 0 Å². The Hall–Kier alpha value is -0.581. The van der Waals surface area contributed by atoms with Gasteiger partial charge in [-0.1, -0.05) is 90.3 Å². The van der Waals surface area contributed by atoms with Gasteiger partial charge in [0, 0.05) is 86.1 Å². The summed E-state index contributed by atoms with van der Waals surface area (Å²) in [6.07, 6.45) is 38.5. The Morgan fingerprint density at radius 2 is 0.930 bits per heavy atom. The molecule has 0 unspecified atom stereocenters. The Balaban J connectivity index is 0.000000336. The molecule has 2 aromatic rings. The second-order valence-corrected chi connectivity index (χ2v) is 20.9. The third-order valence-electron chi connectivity index (χ3n) is 8.41. The molecule has 6 aliphatic carbocycles.